The van der Waals surface area contributed by atoms with Crippen molar-refractivity contribution in [1.82, 2.24) is 4.72 Å². The van der Waals surface area contributed by atoms with Crippen molar-refractivity contribution in [2.75, 3.05) is 38.8 Å². The van der Waals surface area contributed by atoms with Crippen molar-refractivity contribution in [3.8, 4) is 5.75 Å². The second kappa shape index (κ2) is 14.4. The first-order valence-corrected chi connectivity index (χ1v) is 18.0. The third-order valence-electron chi connectivity index (χ3n) is 10.1. The molecular formula is C34H47ClN2O6S. The van der Waals surface area contributed by atoms with E-state index < -0.39 is 26.8 Å². The molecule has 2 bridgehead atoms. The number of ether oxygens (including phenoxy) is 3. The number of benzene rings is 2. The van der Waals surface area contributed by atoms with Gasteiger partial charge in [-0.25, -0.2) is 13.1 Å². The van der Waals surface area contributed by atoms with Crippen LogP contribution in [-0.2, 0) is 32.5 Å². The second-order valence-corrected chi connectivity index (χ2v) is 15.1. The fourth-order valence-corrected chi connectivity index (χ4v) is 9.06. The van der Waals surface area contributed by atoms with Crippen molar-refractivity contribution in [2.24, 2.45) is 11.8 Å². The van der Waals surface area contributed by atoms with Crippen LogP contribution in [0.1, 0.15) is 86.2 Å². The van der Waals surface area contributed by atoms with Crippen LogP contribution in [-0.4, -0.2) is 59.1 Å². The van der Waals surface area contributed by atoms with Gasteiger partial charge in [-0.1, -0.05) is 37.4 Å². The Hall–Kier alpha value is -2.33. The van der Waals surface area contributed by atoms with Gasteiger partial charge in [0.2, 0.25) is 10.0 Å². The summed E-state index contributed by atoms with van der Waals surface area (Å²) in [6.45, 7) is 4.30. The summed E-state index contributed by atoms with van der Waals surface area (Å²) in [5.74, 6) is 0.762. The first-order chi connectivity index (χ1) is 21.2. The van der Waals surface area contributed by atoms with Crippen molar-refractivity contribution >= 4 is 33.2 Å². The van der Waals surface area contributed by atoms with E-state index in [2.05, 4.69) is 9.62 Å². The molecule has 1 fully saturated rings. The molecule has 4 atom stereocenters. The van der Waals surface area contributed by atoms with Crippen LogP contribution in [0.2, 0.25) is 5.02 Å². The molecule has 2 aromatic rings. The zero-order valence-corrected chi connectivity index (χ0v) is 27.9. The number of anilines is 1. The molecule has 10 heteroatoms. The van der Waals surface area contributed by atoms with Gasteiger partial charge in [0.15, 0.2) is 0 Å². The predicted octanol–water partition coefficient (Wildman–Crippen LogP) is 6.53. The Balaban J connectivity index is 1.56. The van der Waals surface area contributed by atoms with Crippen molar-refractivity contribution < 1.29 is 27.4 Å². The number of hydrogen-bond acceptors (Lipinski definition) is 7. The van der Waals surface area contributed by atoms with E-state index >= 15 is 0 Å². The van der Waals surface area contributed by atoms with Crippen molar-refractivity contribution in [2.45, 2.75) is 88.6 Å². The minimum Gasteiger partial charge on any atom is -0.487 e. The highest BCUT2D eigenvalue weighted by Crippen LogP contribution is 2.47. The predicted molar refractivity (Wildman–Crippen MR) is 174 cm³/mol. The number of carbonyl (C=O) groups is 1. The molecule has 1 N–H and O–H groups in total. The summed E-state index contributed by atoms with van der Waals surface area (Å²) in [4.78, 5) is 15.8. The first kappa shape index (κ1) is 33.0. The first-order valence-electron chi connectivity index (χ1n) is 16.1. The molecule has 1 saturated carbocycles. The number of aryl methyl sites for hydroxylation is 1. The number of rotatable bonds is 4. The zero-order valence-electron chi connectivity index (χ0n) is 26.3. The highest BCUT2D eigenvalue weighted by molar-refractivity contribution is 7.90. The van der Waals surface area contributed by atoms with Crippen LogP contribution >= 0.6 is 11.6 Å². The Morgan fingerprint density at radius 1 is 1.05 bits per heavy atom. The number of methoxy groups -OCH3 is 2. The standard InChI is InChI=1S/C34H47ClN2O6S/c1-4-29-10-5-7-17-34(42-3,23-41-2)30-15-12-26(30)21-37-18-8-6-9-24-19-28(35)14-11-27(24)22-43-32-16-13-25(20-31(32)37)33(38)36-44(29,39)40/h11,13-14,16,19-20,26,29-30H,4-10,12,15,17-18,21-23H2,1-3H3,(H,36,38)/t26-,29+,30+,34-/m0/s1. The third kappa shape index (κ3) is 7.22. The molecule has 3 aliphatic rings. The minimum absolute atomic E-state index is 0.306. The van der Waals surface area contributed by atoms with Crippen LogP contribution in [0.3, 0.4) is 0 Å². The molecular weight excluding hydrogens is 600 g/mol. The molecule has 44 heavy (non-hydrogen) atoms. The summed E-state index contributed by atoms with van der Waals surface area (Å²) >= 11 is 6.34. The number of amides is 1. The molecule has 0 spiro atoms. The van der Waals surface area contributed by atoms with Gasteiger partial charge in [0.25, 0.3) is 5.91 Å². The van der Waals surface area contributed by atoms with Crippen LogP contribution in [0.4, 0.5) is 5.69 Å². The smallest absolute Gasteiger partial charge is 0.264 e. The van der Waals surface area contributed by atoms with Crippen molar-refractivity contribution in [3.63, 3.8) is 0 Å². The Morgan fingerprint density at radius 2 is 1.89 bits per heavy atom. The number of nitrogens with one attached hydrogen (secondary N) is 1. The maximum atomic E-state index is 13.4. The number of hydrogen-bond donors (Lipinski definition) is 1. The lowest BCUT2D eigenvalue weighted by Gasteiger charge is -2.51. The Kier molecular flexibility index (Phi) is 10.8. The number of sulfonamides is 1. The molecule has 8 nitrogen and oxygen atoms in total. The monoisotopic (exact) mass is 646 g/mol. The quantitative estimate of drug-likeness (QED) is 0.404. The molecule has 2 aliphatic heterocycles. The second-order valence-electron chi connectivity index (χ2n) is 12.7. The van der Waals surface area contributed by atoms with Crippen LogP contribution in [0.25, 0.3) is 0 Å². The molecule has 0 aromatic heterocycles. The SMILES string of the molecule is CC[C@@H]1CCCC[C@@](COC)(OC)[C@@H]2CC[C@H]2CN2CCCCc3cc(Cl)ccc3COc3ccc(cc32)C(=O)NS1(=O)=O. The largest absolute Gasteiger partial charge is 0.487 e. The van der Waals surface area contributed by atoms with E-state index in [0.29, 0.717) is 54.2 Å². The molecule has 0 saturated heterocycles. The highest BCUT2D eigenvalue weighted by Gasteiger charge is 2.48. The van der Waals surface area contributed by atoms with E-state index in [1.165, 1.54) is 5.56 Å². The van der Waals surface area contributed by atoms with Crippen LogP contribution in [0, 0.1) is 11.8 Å². The van der Waals surface area contributed by atoms with Crippen molar-refractivity contribution in [3.05, 3.63) is 58.1 Å². The Labute approximate surface area is 267 Å². The summed E-state index contributed by atoms with van der Waals surface area (Å²) in [5.41, 5.74) is 2.96. The van der Waals surface area contributed by atoms with Gasteiger partial charge in [-0.15, -0.1) is 0 Å². The lowest BCUT2D eigenvalue weighted by atomic mass is 9.63. The van der Waals surface area contributed by atoms with Gasteiger partial charge in [-0.05, 0) is 105 Å². The lowest BCUT2D eigenvalue weighted by molar-refractivity contribution is -0.147. The number of halogens is 1. The van der Waals surface area contributed by atoms with Gasteiger partial charge >= 0.3 is 0 Å². The molecule has 0 unspecified atom stereocenters. The molecule has 1 amide bonds. The average molecular weight is 647 g/mol. The van der Waals surface area contributed by atoms with Gasteiger partial charge in [0.1, 0.15) is 12.4 Å². The molecule has 5 rings (SSSR count). The Morgan fingerprint density at radius 3 is 2.61 bits per heavy atom. The average Bonchev–Trinajstić information content (AvgIpc) is 3.01. The number of carbonyl (C=O) groups excluding carboxylic acids is 1. The van der Waals surface area contributed by atoms with Gasteiger partial charge in [-0.3, -0.25) is 4.79 Å². The van der Waals surface area contributed by atoms with E-state index in [0.717, 1.165) is 75.7 Å². The summed E-state index contributed by atoms with van der Waals surface area (Å²) in [6, 6.07) is 11.2. The molecule has 2 heterocycles. The summed E-state index contributed by atoms with van der Waals surface area (Å²) in [7, 11) is -0.351. The summed E-state index contributed by atoms with van der Waals surface area (Å²) in [6.07, 6.45) is 8.25. The van der Waals surface area contributed by atoms with Crippen LogP contribution in [0.5, 0.6) is 5.75 Å². The van der Waals surface area contributed by atoms with E-state index in [1.807, 2.05) is 25.1 Å². The third-order valence-corrected chi connectivity index (χ3v) is 12.2. The zero-order chi connectivity index (χ0) is 31.3. The lowest BCUT2D eigenvalue weighted by Crippen LogP contribution is -2.54. The van der Waals surface area contributed by atoms with E-state index in [1.54, 1.807) is 32.4 Å². The maximum Gasteiger partial charge on any atom is 0.264 e. The maximum absolute atomic E-state index is 13.4. The summed E-state index contributed by atoms with van der Waals surface area (Å²) in [5, 5.41) is 0.0677. The molecule has 0 radical (unpaired) electrons. The fraction of sp³-hybridized carbons (Fsp3) is 0.618. The van der Waals surface area contributed by atoms with Gasteiger partial charge < -0.3 is 19.1 Å². The highest BCUT2D eigenvalue weighted by atomic mass is 35.5. The normalized spacial score (nSPS) is 27.9. The van der Waals surface area contributed by atoms with Gasteiger partial charge in [0, 0.05) is 37.9 Å². The number of fused-ring (bicyclic) bond motifs is 3. The fourth-order valence-electron chi connectivity index (χ4n) is 7.41. The van der Waals surface area contributed by atoms with E-state index in [-0.39, 0.29) is 0 Å². The van der Waals surface area contributed by atoms with Crippen LogP contribution < -0.4 is 14.4 Å². The Bertz CT molecular complexity index is 1420. The van der Waals surface area contributed by atoms with E-state index in [9.17, 15) is 13.2 Å². The van der Waals surface area contributed by atoms with E-state index in [4.69, 9.17) is 25.8 Å². The minimum atomic E-state index is -3.86. The molecule has 1 aliphatic carbocycles. The van der Waals surface area contributed by atoms with Crippen molar-refractivity contribution in [1.29, 1.82) is 0 Å². The molecule has 2 aromatic carbocycles. The molecule has 242 valence electrons. The number of nitrogens with zero attached hydrogens (tertiary/aromatic N) is 1. The van der Waals surface area contributed by atoms with Crippen LogP contribution in [0.15, 0.2) is 36.4 Å². The summed E-state index contributed by atoms with van der Waals surface area (Å²) < 4.78 is 47.6. The topological polar surface area (TPSA) is 94.2 Å². The van der Waals surface area contributed by atoms with Gasteiger partial charge in [-0.2, -0.15) is 0 Å². The van der Waals surface area contributed by atoms with Gasteiger partial charge in [0.05, 0.1) is 23.1 Å².